The van der Waals surface area contributed by atoms with Crippen molar-refractivity contribution < 1.29 is 27.2 Å². The van der Waals surface area contributed by atoms with Crippen LogP contribution < -0.4 is 0 Å². The number of aliphatic hydroxyl groups excluding tert-OH is 1. The molecule has 0 unspecified atom stereocenters. The van der Waals surface area contributed by atoms with Crippen molar-refractivity contribution in [2.24, 2.45) is 0 Å². The second kappa shape index (κ2) is 18.8. The average molecular weight is 395 g/mol. The van der Waals surface area contributed by atoms with Gasteiger partial charge in [0, 0.05) is 13.2 Å². The topological polar surface area (TPSA) is 82.1 Å². The predicted molar refractivity (Wildman–Crippen MR) is 107 cm³/mol. The Hall–Kier alpha value is -0.990. The summed E-state index contributed by atoms with van der Waals surface area (Å²) < 4.78 is 38.3. The summed E-state index contributed by atoms with van der Waals surface area (Å²) in [7, 11) is -3.64. The first-order chi connectivity index (χ1) is 11.5. The van der Waals surface area contributed by atoms with E-state index in [-0.39, 0.29) is 33.0 Å². The fourth-order valence-corrected chi connectivity index (χ4v) is 2.43. The second-order valence-electron chi connectivity index (χ2n) is 5.04. The third-order valence-electron chi connectivity index (χ3n) is 2.71. The monoisotopic (exact) mass is 394 g/mol. The normalized spacial score (nSPS) is 10.2. The van der Waals surface area contributed by atoms with Crippen LogP contribution in [0.4, 0.5) is 0 Å². The van der Waals surface area contributed by atoms with E-state index in [1.807, 2.05) is 20.8 Å². The molecule has 1 rings (SSSR count). The van der Waals surface area contributed by atoms with Gasteiger partial charge < -0.3 is 14.6 Å². The van der Waals surface area contributed by atoms with Crippen molar-refractivity contribution in [3.05, 3.63) is 29.8 Å². The SMILES string of the molecule is C.C.CCCOCCO.CCCOCCOS(=O)(=O)c1ccc(C)cc1. The van der Waals surface area contributed by atoms with E-state index in [0.29, 0.717) is 19.8 Å². The molecule has 0 aliphatic heterocycles. The van der Waals surface area contributed by atoms with Crippen molar-refractivity contribution in [3.8, 4) is 0 Å². The molecule has 1 aromatic carbocycles. The van der Waals surface area contributed by atoms with Crippen LogP contribution in [0.25, 0.3) is 0 Å². The molecule has 156 valence electrons. The Balaban J connectivity index is -0.000000507. The number of benzene rings is 1. The van der Waals surface area contributed by atoms with Crippen LogP contribution in [0.2, 0.25) is 0 Å². The lowest BCUT2D eigenvalue weighted by atomic mass is 10.2. The standard InChI is InChI=1S/C12H18O4S.C5H12O2.2CH4/c1-3-8-15-9-10-16-17(13,14)12-6-4-11(2)5-7-12;1-2-4-7-5-3-6;;/h4-7H,3,8-10H2,1-2H3;6H,2-5H2,1H3;2*1H4. The van der Waals surface area contributed by atoms with Gasteiger partial charge in [-0.15, -0.1) is 0 Å². The molecule has 0 saturated heterocycles. The summed E-state index contributed by atoms with van der Waals surface area (Å²) in [5.41, 5.74) is 1.01. The maximum atomic E-state index is 11.7. The number of aliphatic hydroxyl groups is 1. The van der Waals surface area contributed by atoms with Gasteiger partial charge in [0.05, 0.1) is 31.3 Å². The summed E-state index contributed by atoms with van der Waals surface area (Å²) in [6, 6.07) is 6.56. The minimum atomic E-state index is -3.64. The molecule has 0 bridgehead atoms. The Morgan fingerprint density at radius 2 is 1.35 bits per heavy atom. The second-order valence-corrected chi connectivity index (χ2v) is 6.65. The molecule has 26 heavy (non-hydrogen) atoms. The molecule has 0 radical (unpaired) electrons. The van der Waals surface area contributed by atoms with Crippen molar-refractivity contribution in [1.29, 1.82) is 0 Å². The maximum absolute atomic E-state index is 11.7. The lowest BCUT2D eigenvalue weighted by Crippen LogP contribution is -2.11. The van der Waals surface area contributed by atoms with Crippen LogP contribution in [0.1, 0.15) is 47.1 Å². The molecule has 0 spiro atoms. The zero-order valence-electron chi connectivity index (χ0n) is 14.9. The van der Waals surface area contributed by atoms with Crippen LogP contribution in [0, 0.1) is 6.92 Å². The van der Waals surface area contributed by atoms with Crippen molar-refractivity contribution in [3.63, 3.8) is 0 Å². The Morgan fingerprint density at radius 3 is 1.81 bits per heavy atom. The van der Waals surface area contributed by atoms with Gasteiger partial charge >= 0.3 is 0 Å². The van der Waals surface area contributed by atoms with Gasteiger partial charge in [-0.2, -0.15) is 8.42 Å². The van der Waals surface area contributed by atoms with Crippen molar-refractivity contribution in [2.45, 2.75) is 53.4 Å². The Morgan fingerprint density at radius 1 is 0.846 bits per heavy atom. The lowest BCUT2D eigenvalue weighted by Gasteiger charge is -2.06. The van der Waals surface area contributed by atoms with Crippen molar-refractivity contribution in [2.75, 3.05) is 39.6 Å². The van der Waals surface area contributed by atoms with Crippen LogP contribution in [0.5, 0.6) is 0 Å². The zero-order valence-corrected chi connectivity index (χ0v) is 15.7. The molecule has 0 aromatic heterocycles. The van der Waals surface area contributed by atoms with Crippen LogP contribution in [0.15, 0.2) is 29.2 Å². The van der Waals surface area contributed by atoms with E-state index in [4.69, 9.17) is 18.8 Å². The predicted octanol–water partition coefficient (Wildman–Crippen LogP) is 3.80. The van der Waals surface area contributed by atoms with Crippen LogP contribution >= 0.6 is 0 Å². The smallest absolute Gasteiger partial charge is 0.297 e. The molecular weight excluding hydrogens is 356 g/mol. The summed E-state index contributed by atoms with van der Waals surface area (Å²) >= 11 is 0. The quantitative estimate of drug-likeness (QED) is 0.454. The largest absolute Gasteiger partial charge is 0.394 e. The minimum Gasteiger partial charge on any atom is -0.394 e. The third kappa shape index (κ3) is 15.3. The zero-order chi connectivity index (χ0) is 18.3. The fourth-order valence-electron chi connectivity index (χ4n) is 1.53. The van der Waals surface area contributed by atoms with Crippen molar-refractivity contribution >= 4 is 10.1 Å². The van der Waals surface area contributed by atoms with E-state index >= 15 is 0 Å². The summed E-state index contributed by atoms with van der Waals surface area (Å²) in [6.07, 6.45) is 1.94. The van der Waals surface area contributed by atoms with Gasteiger partial charge in [0.2, 0.25) is 0 Å². The Bertz CT molecular complexity index is 495. The van der Waals surface area contributed by atoms with E-state index in [9.17, 15) is 8.42 Å². The average Bonchev–Trinajstić information content (AvgIpc) is 2.56. The first-order valence-corrected chi connectivity index (χ1v) is 9.61. The molecule has 0 amide bonds. The minimum absolute atomic E-state index is 0. The Kier molecular flexibility index (Phi) is 21.5. The molecular formula is C19H38O6S. The first kappa shape index (κ1) is 29.8. The highest BCUT2D eigenvalue weighted by molar-refractivity contribution is 7.86. The molecule has 0 aliphatic carbocycles. The molecule has 1 aromatic rings. The van der Waals surface area contributed by atoms with Gasteiger partial charge in [0.15, 0.2) is 0 Å². The van der Waals surface area contributed by atoms with E-state index < -0.39 is 10.1 Å². The molecule has 0 atom stereocenters. The number of hydrogen-bond acceptors (Lipinski definition) is 6. The van der Waals surface area contributed by atoms with Crippen LogP contribution in [0.3, 0.4) is 0 Å². The summed E-state index contributed by atoms with van der Waals surface area (Å²) in [5.74, 6) is 0. The summed E-state index contributed by atoms with van der Waals surface area (Å²) in [5, 5.41) is 8.17. The molecule has 0 fully saturated rings. The van der Waals surface area contributed by atoms with Gasteiger partial charge in [-0.3, -0.25) is 4.18 Å². The van der Waals surface area contributed by atoms with E-state index in [0.717, 1.165) is 25.0 Å². The lowest BCUT2D eigenvalue weighted by molar-refractivity contribution is 0.0928. The number of hydrogen-bond donors (Lipinski definition) is 1. The molecule has 0 saturated carbocycles. The molecule has 7 heteroatoms. The molecule has 1 N–H and O–H groups in total. The van der Waals surface area contributed by atoms with Crippen molar-refractivity contribution in [1.82, 2.24) is 0 Å². The van der Waals surface area contributed by atoms with Gasteiger partial charge in [0.25, 0.3) is 10.1 Å². The Labute approximate surface area is 160 Å². The van der Waals surface area contributed by atoms with Gasteiger partial charge in [-0.25, -0.2) is 0 Å². The summed E-state index contributed by atoms with van der Waals surface area (Å²) in [4.78, 5) is 0.179. The number of ether oxygens (including phenoxy) is 2. The van der Waals surface area contributed by atoms with Gasteiger partial charge in [0.1, 0.15) is 0 Å². The fraction of sp³-hybridized carbons (Fsp3) is 0.684. The number of rotatable bonds is 11. The molecule has 0 heterocycles. The van der Waals surface area contributed by atoms with Crippen LogP contribution in [-0.2, 0) is 23.8 Å². The molecule has 6 nitrogen and oxygen atoms in total. The molecule has 0 aliphatic rings. The van der Waals surface area contributed by atoms with E-state index in [1.165, 1.54) is 12.1 Å². The van der Waals surface area contributed by atoms with Gasteiger partial charge in [-0.1, -0.05) is 46.4 Å². The van der Waals surface area contributed by atoms with E-state index in [1.54, 1.807) is 12.1 Å². The summed E-state index contributed by atoms with van der Waals surface area (Å²) in [6.45, 7) is 8.27. The highest BCUT2D eigenvalue weighted by atomic mass is 32.2. The maximum Gasteiger partial charge on any atom is 0.297 e. The first-order valence-electron chi connectivity index (χ1n) is 8.20. The van der Waals surface area contributed by atoms with Gasteiger partial charge in [-0.05, 0) is 31.9 Å². The van der Waals surface area contributed by atoms with Crippen LogP contribution in [-0.4, -0.2) is 53.2 Å². The highest BCUT2D eigenvalue weighted by Gasteiger charge is 2.14. The number of aryl methyl sites for hydroxylation is 1. The third-order valence-corrected chi connectivity index (χ3v) is 4.03. The highest BCUT2D eigenvalue weighted by Crippen LogP contribution is 2.12. The van der Waals surface area contributed by atoms with E-state index in [2.05, 4.69) is 0 Å².